The Hall–Kier alpha value is -3.07. The van der Waals surface area contributed by atoms with Gasteiger partial charge in [-0.1, -0.05) is 13.0 Å². The Morgan fingerprint density at radius 2 is 1.86 bits per heavy atom. The third kappa shape index (κ3) is 4.25. The third-order valence-corrected chi connectivity index (χ3v) is 4.33. The molecule has 0 fully saturated rings. The molecule has 1 aromatic rings. The van der Waals surface area contributed by atoms with E-state index in [9.17, 15) is 14.9 Å². The zero-order chi connectivity index (χ0) is 20.8. The molecule has 1 aromatic carbocycles. The number of carbonyl (C=O) groups is 2. The number of hydrogen-bond donors (Lipinski definition) is 0. The summed E-state index contributed by atoms with van der Waals surface area (Å²) in [6.07, 6.45) is 2.56. The highest BCUT2D eigenvalue weighted by molar-refractivity contribution is 6.19. The second-order valence-electron chi connectivity index (χ2n) is 6.73. The molecule has 0 radical (unpaired) electrons. The van der Waals surface area contributed by atoms with Gasteiger partial charge in [0.05, 0.1) is 13.2 Å². The molecule has 2 rings (SSSR count). The predicted octanol–water partition coefficient (Wildman–Crippen LogP) is 3.87. The lowest BCUT2D eigenvalue weighted by Gasteiger charge is -2.30. The van der Waals surface area contributed by atoms with Crippen molar-refractivity contribution in [1.82, 2.24) is 4.90 Å². The minimum Gasteiger partial charge on any atom is -0.490 e. The lowest BCUT2D eigenvalue weighted by molar-refractivity contribution is -0.142. The van der Waals surface area contributed by atoms with Gasteiger partial charge in [0.25, 0.3) is 11.8 Å². The number of carbonyl (C=O) groups excluding carboxylic acids is 2. The minimum absolute atomic E-state index is 0.00696. The molecule has 0 bridgehead atoms. The predicted molar refractivity (Wildman–Crippen MR) is 107 cm³/mol. The first-order valence-corrected chi connectivity index (χ1v) is 9.46. The van der Waals surface area contributed by atoms with Crippen molar-refractivity contribution in [2.45, 2.75) is 47.1 Å². The normalized spacial score (nSPS) is 16.0. The summed E-state index contributed by atoms with van der Waals surface area (Å²) >= 11 is 0. The highest BCUT2D eigenvalue weighted by atomic mass is 16.5. The lowest BCUT2D eigenvalue weighted by Crippen LogP contribution is -2.46. The molecule has 0 aromatic heterocycles. The summed E-state index contributed by atoms with van der Waals surface area (Å²) in [6, 6.07) is 7.02. The maximum absolute atomic E-state index is 12.9. The first-order valence-electron chi connectivity index (χ1n) is 9.46. The smallest absolute Gasteiger partial charge is 0.271 e. The Morgan fingerprint density at radius 3 is 2.43 bits per heavy atom. The van der Waals surface area contributed by atoms with E-state index in [2.05, 4.69) is 0 Å². The molecule has 0 saturated heterocycles. The first-order chi connectivity index (χ1) is 13.3. The summed E-state index contributed by atoms with van der Waals surface area (Å²) in [4.78, 5) is 26.5. The summed E-state index contributed by atoms with van der Waals surface area (Å²) < 4.78 is 11.4. The molecule has 6 nitrogen and oxygen atoms in total. The topological polar surface area (TPSA) is 79.6 Å². The second kappa shape index (κ2) is 9.23. The Morgan fingerprint density at radius 1 is 1.14 bits per heavy atom. The number of amides is 2. The quantitative estimate of drug-likeness (QED) is 0.528. The molecular formula is C22H26N2O4. The van der Waals surface area contributed by atoms with E-state index < -0.39 is 11.8 Å². The molecule has 148 valence electrons. The van der Waals surface area contributed by atoms with Gasteiger partial charge in [-0.3, -0.25) is 14.5 Å². The third-order valence-electron chi connectivity index (χ3n) is 4.33. The average molecular weight is 382 g/mol. The SMILES string of the molecule is CCCOc1ccc(/C=C2/C(=O)N(C(C)C)C(=O)C(C#N)=C2C)cc1OCC. The molecule has 0 aliphatic carbocycles. The number of ether oxygens (including phenoxy) is 2. The van der Waals surface area contributed by atoms with Crippen LogP contribution in [0.3, 0.4) is 0 Å². The fourth-order valence-corrected chi connectivity index (χ4v) is 2.95. The molecule has 1 heterocycles. The molecule has 0 unspecified atom stereocenters. The van der Waals surface area contributed by atoms with Crippen LogP contribution >= 0.6 is 0 Å². The van der Waals surface area contributed by atoms with E-state index in [1.54, 1.807) is 39.0 Å². The molecule has 6 heteroatoms. The van der Waals surface area contributed by atoms with Gasteiger partial charge in [-0.2, -0.15) is 5.26 Å². The Kier molecular flexibility index (Phi) is 7.00. The van der Waals surface area contributed by atoms with Gasteiger partial charge in [-0.25, -0.2) is 0 Å². The summed E-state index contributed by atoms with van der Waals surface area (Å²) in [5.41, 5.74) is 1.44. The van der Waals surface area contributed by atoms with E-state index in [1.807, 2.05) is 26.0 Å². The molecule has 0 atom stereocenters. The summed E-state index contributed by atoms with van der Waals surface area (Å²) in [7, 11) is 0. The summed E-state index contributed by atoms with van der Waals surface area (Å²) in [6.45, 7) is 10.1. The van der Waals surface area contributed by atoms with Gasteiger partial charge in [0.1, 0.15) is 11.6 Å². The van der Waals surface area contributed by atoms with E-state index in [1.165, 1.54) is 0 Å². The van der Waals surface area contributed by atoms with Crippen molar-refractivity contribution in [3.05, 3.63) is 40.5 Å². The van der Waals surface area contributed by atoms with Crippen LogP contribution in [0.5, 0.6) is 11.5 Å². The second-order valence-corrected chi connectivity index (χ2v) is 6.73. The summed E-state index contributed by atoms with van der Waals surface area (Å²) in [5, 5.41) is 9.40. The fourth-order valence-electron chi connectivity index (χ4n) is 2.95. The van der Waals surface area contributed by atoms with Crippen LogP contribution < -0.4 is 9.47 Å². The fraction of sp³-hybridized carbons (Fsp3) is 0.409. The first kappa shape index (κ1) is 21.2. The number of benzene rings is 1. The molecule has 28 heavy (non-hydrogen) atoms. The van der Waals surface area contributed by atoms with Crippen LogP contribution in [0, 0.1) is 11.3 Å². The van der Waals surface area contributed by atoms with Crippen molar-refractivity contribution in [3.8, 4) is 17.6 Å². The number of rotatable bonds is 7. The van der Waals surface area contributed by atoms with Gasteiger partial charge in [0, 0.05) is 11.6 Å². The van der Waals surface area contributed by atoms with E-state index in [0.29, 0.717) is 35.9 Å². The highest BCUT2D eigenvalue weighted by Gasteiger charge is 2.36. The maximum Gasteiger partial charge on any atom is 0.271 e. The van der Waals surface area contributed by atoms with Crippen LogP contribution in [-0.2, 0) is 9.59 Å². The van der Waals surface area contributed by atoms with Gasteiger partial charge in [0.2, 0.25) is 0 Å². The lowest BCUT2D eigenvalue weighted by atomic mass is 9.93. The van der Waals surface area contributed by atoms with Crippen molar-refractivity contribution in [2.24, 2.45) is 0 Å². The molecular weight excluding hydrogens is 356 g/mol. The average Bonchev–Trinajstić information content (AvgIpc) is 2.65. The highest BCUT2D eigenvalue weighted by Crippen LogP contribution is 2.32. The Balaban J connectivity index is 2.54. The van der Waals surface area contributed by atoms with Crippen LogP contribution in [-0.4, -0.2) is 36.0 Å². The summed E-state index contributed by atoms with van der Waals surface area (Å²) in [5.74, 6) is 0.286. The van der Waals surface area contributed by atoms with Gasteiger partial charge in [-0.05, 0) is 63.5 Å². The van der Waals surface area contributed by atoms with Crippen LogP contribution in [0.1, 0.15) is 46.6 Å². The number of nitrogens with zero attached hydrogens (tertiary/aromatic N) is 2. The molecule has 0 spiro atoms. The van der Waals surface area contributed by atoms with Crippen LogP contribution in [0.25, 0.3) is 6.08 Å². The van der Waals surface area contributed by atoms with E-state index in [4.69, 9.17) is 9.47 Å². The standard InChI is InChI=1S/C22H26N2O4/c1-6-10-28-19-9-8-16(12-20(19)27-7-2)11-17-15(5)18(13-23)22(26)24(14(3)4)21(17)25/h8-9,11-12,14H,6-7,10H2,1-5H3/b17-11+. The zero-order valence-electron chi connectivity index (χ0n) is 17.0. The van der Waals surface area contributed by atoms with E-state index in [-0.39, 0.29) is 11.6 Å². The van der Waals surface area contributed by atoms with Crippen molar-refractivity contribution in [2.75, 3.05) is 13.2 Å². The number of hydrogen-bond acceptors (Lipinski definition) is 5. The molecule has 0 N–H and O–H groups in total. The molecule has 1 aliphatic rings. The van der Waals surface area contributed by atoms with Gasteiger partial charge in [-0.15, -0.1) is 0 Å². The maximum atomic E-state index is 12.9. The largest absolute Gasteiger partial charge is 0.490 e. The van der Waals surface area contributed by atoms with Crippen LogP contribution in [0.2, 0.25) is 0 Å². The minimum atomic E-state index is -0.546. The molecule has 1 aliphatic heterocycles. The van der Waals surface area contributed by atoms with E-state index in [0.717, 1.165) is 16.9 Å². The van der Waals surface area contributed by atoms with Crippen LogP contribution in [0.4, 0.5) is 0 Å². The van der Waals surface area contributed by atoms with Crippen molar-refractivity contribution in [1.29, 1.82) is 5.26 Å². The van der Waals surface area contributed by atoms with E-state index >= 15 is 0 Å². The van der Waals surface area contributed by atoms with Crippen LogP contribution in [0.15, 0.2) is 34.9 Å². The zero-order valence-corrected chi connectivity index (χ0v) is 17.0. The van der Waals surface area contributed by atoms with Gasteiger partial charge >= 0.3 is 0 Å². The number of nitriles is 1. The monoisotopic (exact) mass is 382 g/mol. The molecule has 2 amide bonds. The van der Waals surface area contributed by atoms with Gasteiger partial charge in [0.15, 0.2) is 11.5 Å². The Labute approximate surface area is 166 Å². The Bertz CT molecular complexity index is 875. The number of imide groups is 1. The van der Waals surface area contributed by atoms with Gasteiger partial charge < -0.3 is 9.47 Å². The van der Waals surface area contributed by atoms with Crippen molar-refractivity contribution in [3.63, 3.8) is 0 Å². The van der Waals surface area contributed by atoms with Crippen molar-refractivity contribution >= 4 is 17.9 Å². The van der Waals surface area contributed by atoms with Crippen molar-refractivity contribution < 1.29 is 19.1 Å². The molecule has 0 saturated carbocycles.